The fraction of sp³-hybridized carbons (Fsp3) is 0.771. The van der Waals surface area contributed by atoms with Gasteiger partial charge in [-0.25, -0.2) is 0 Å². The summed E-state index contributed by atoms with van der Waals surface area (Å²) in [6, 6.07) is 0. The van der Waals surface area contributed by atoms with E-state index in [4.69, 9.17) is 47.4 Å². The number of carbonyl (C=O) groups excluding carboxylic acids is 1. The lowest BCUT2D eigenvalue weighted by Gasteiger charge is -2.48. The number of aliphatic hydroxyl groups is 3. The zero-order valence-electron chi connectivity index (χ0n) is 38.2. The summed E-state index contributed by atoms with van der Waals surface area (Å²) in [6.07, 6.45) is 8.55. The average Bonchev–Trinajstić information content (AvgIpc) is 3.58. The Kier molecular flexibility index (Phi) is 15.1. The first kappa shape index (κ1) is 47.6. The molecule has 20 atom stereocenters. The second-order valence-corrected chi connectivity index (χ2v) is 19.0. The highest BCUT2D eigenvalue weighted by Crippen LogP contribution is 2.47. The number of allylic oxidation sites excluding steroid dienone is 2. The highest BCUT2D eigenvalue weighted by molar-refractivity contribution is 5.78. The molecule has 14 nitrogen and oxygen atoms in total. The first-order valence-electron chi connectivity index (χ1n) is 22.9. The van der Waals surface area contributed by atoms with Crippen molar-refractivity contribution in [2.24, 2.45) is 23.7 Å². The molecule has 7 rings (SSSR count). The van der Waals surface area contributed by atoms with Crippen LogP contribution in [0.25, 0.3) is 0 Å². The summed E-state index contributed by atoms with van der Waals surface area (Å²) in [4.78, 5) is 14.3. The maximum atomic E-state index is 14.3. The number of rotatable bonds is 8. The Labute approximate surface area is 367 Å². The molecule has 7 aliphatic rings. The van der Waals surface area contributed by atoms with Gasteiger partial charge >= 0.3 is 5.97 Å². The number of aliphatic hydroxyl groups excluding tert-OH is 2. The molecule has 6 heterocycles. The molecule has 0 aromatic heterocycles. The van der Waals surface area contributed by atoms with E-state index < -0.39 is 90.8 Å². The van der Waals surface area contributed by atoms with Crippen LogP contribution in [0.2, 0.25) is 0 Å². The molecule has 4 fully saturated rings. The maximum Gasteiger partial charge on any atom is 0.316 e. The molecule has 0 aromatic carbocycles. The molecule has 0 aromatic rings. The third-order valence-corrected chi connectivity index (χ3v) is 14.5. The van der Waals surface area contributed by atoms with Gasteiger partial charge in [0.2, 0.25) is 0 Å². The van der Waals surface area contributed by atoms with Crippen molar-refractivity contribution in [2.45, 2.75) is 191 Å². The molecule has 3 N–H and O–H groups in total. The first-order valence-corrected chi connectivity index (χ1v) is 22.9. The minimum Gasteiger partial charge on any atom is -0.462 e. The monoisotopic (exact) mass is 872 g/mol. The van der Waals surface area contributed by atoms with Gasteiger partial charge in [0.15, 0.2) is 18.4 Å². The Morgan fingerprint density at radius 2 is 1.60 bits per heavy atom. The molecule has 6 aliphatic heterocycles. The Balaban J connectivity index is 1.18. The van der Waals surface area contributed by atoms with E-state index >= 15 is 0 Å². The van der Waals surface area contributed by atoms with Gasteiger partial charge in [0.25, 0.3) is 0 Å². The number of fused-ring (bicyclic) bond motifs is 2. The second-order valence-electron chi connectivity index (χ2n) is 19.0. The molecule has 348 valence electrons. The van der Waals surface area contributed by atoms with Gasteiger partial charge in [0, 0.05) is 51.7 Å². The van der Waals surface area contributed by atoms with E-state index in [1.807, 2.05) is 32.1 Å². The predicted molar refractivity (Wildman–Crippen MR) is 227 cm³/mol. The van der Waals surface area contributed by atoms with Crippen LogP contribution in [-0.2, 0) is 52.2 Å². The fourth-order valence-corrected chi connectivity index (χ4v) is 10.6. The smallest absolute Gasteiger partial charge is 0.316 e. The summed E-state index contributed by atoms with van der Waals surface area (Å²) in [6.45, 7) is 16.1. The van der Waals surface area contributed by atoms with Crippen LogP contribution in [0.3, 0.4) is 0 Å². The summed E-state index contributed by atoms with van der Waals surface area (Å²) in [5.41, 5.74) is 0.134. The number of hydrogen-bond donors (Lipinski definition) is 3. The molecule has 14 heteroatoms. The Hall–Kier alpha value is -2.31. The van der Waals surface area contributed by atoms with E-state index in [1.54, 1.807) is 40.2 Å². The summed E-state index contributed by atoms with van der Waals surface area (Å²) in [7, 11) is 3.22. The number of esters is 1. The third kappa shape index (κ3) is 9.64. The van der Waals surface area contributed by atoms with Crippen LogP contribution in [0, 0.1) is 23.7 Å². The van der Waals surface area contributed by atoms with E-state index in [1.165, 1.54) is 0 Å². The molecular formula is C48H72O14. The van der Waals surface area contributed by atoms with E-state index in [0.29, 0.717) is 43.3 Å². The standard InChI is InChI=1S/C48H72O14/c1-11-25(2)43-28(5)17-18-47(62-43)23-34-20-33(61-47)16-15-27(4)42(26(3)13-12-14-32-24-55-45-40(49)29(6)19-35(46(51)58-34)48(32,45)52)59-39-22-37(54-10)44(31(8)57-39)60-38-21-36(53-9)41(50)30(7)56-38/h12-15,17-19,25-26,28,30-31,33-45,49-50,52H,11,16,20-24H2,1-10H3/t25?,26-,28-,30+,31-,33+,34-,35-,36+,37-,38-,39-,40+,41+,42-,43+,44-,45+,47+,48+/m0/s1. The van der Waals surface area contributed by atoms with Crippen LogP contribution in [0.4, 0.5) is 0 Å². The Morgan fingerprint density at radius 1 is 0.887 bits per heavy atom. The van der Waals surface area contributed by atoms with Crippen molar-refractivity contribution in [1.29, 1.82) is 0 Å². The molecule has 4 saturated heterocycles. The van der Waals surface area contributed by atoms with Gasteiger partial charge in [-0.2, -0.15) is 0 Å². The van der Waals surface area contributed by atoms with Gasteiger partial charge in [-0.05, 0) is 62.8 Å². The molecule has 62 heavy (non-hydrogen) atoms. The molecule has 1 aliphatic carbocycles. The molecule has 2 bridgehead atoms. The highest BCUT2D eigenvalue weighted by atomic mass is 16.7. The van der Waals surface area contributed by atoms with Gasteiger partial charge < -0.3 is 62.7 Å². The van der Waals surface area contributed by atoms with Crippen molar-refractivity contribution >= 4 is 5.97 Å². The summed E-state index contributed by atoms with van der Waals surface area (Å²) >= 11 is 0. The maximum absolute atomic E-state index is 14.3. The van der Waals surface area contributed by atoms with Gasteiger partial charge in [-0.1, -0.05) is 70.6 Å². The molecule has 0 saturated carbocycles. The second kappa shape index (κ2) is 19.7. The Bertz CT molecular complexity index is 1730. The molecule has 0 amide bonds. The van der Waals surface area contributed by atoms with E-state index in [0.717, 1.165) is 12.0 Å². The zero-order valence-corrected chi connectivity index (χ0v) is 38.2. The summed E-state index contributed by atoms with van der Waals surface area (Å²) < 4.78 is 63.7. The molecule has 0 radical (unpaired) electrons. The van der Waals surface area contributed by atoms with Crippen molar-refractivity contribution in [3.8, 4) is 0 Å². The van der Waals surface area contributed by atoms with E-state index in [9.17, 15) is 20.1 Å². The van der Waals surface area contributed by atoms with Crippen molar-refractivity contribution < 1.29 is 67.5 Å². The van der Waals surface area contributed by atoms with Crippen molar-refractivity contribution in [2.75, 3.05) is 20.8 Å². The molecule has 1 unspecified atom stereocenters. The number of ether oxygens (including phenoxy) is 10. The zero-order chi connectivity index (χ0) is 44.7. The molecule has 1 spiro atoms. The van der Waals surface area contributed by atoms with Crippen LogP contribution in [0.15, 0.2) is 59.3 Å². The average molecular weight is 873 g/mol. The fourth-order valence-electron chi connectivity index (χ4n) is 10.6. The minimum atomic E-state index is -1.84. The lowest BCUT2D eigenvalue weighted by molar-refractivity contribution is -0.318. The summed E-state index contributed by atoms with van der Waals surface area (Å²) in [5.74, 6) is -2.56. The minimum absolute atomic E-state index is 0.0317. The van der Waals surface area contributed by atoms with Crippen molar-refractivity contribution in [3.05, 3.63) is 59.3 Å². The van der Waals surface area contributed by atoms with Gasteiger partial charge in [0.05, 0.1) is 49.3 Å². The quantitative estimate of drug-likeness (QED) is 0.210. The van der Waals surface area contributed by atoms with Crippen LogP contribution < -0.4 is 0 Å². The van der Waals surface area contributed by atoms with Gasteiger partial charge in [-0.3, -0.25) is 4.79 Å². The largest absolute Gasteiger partial charge is 0.462 e. The number of carbonyl (C=O) groups is 1. The third-order valence-electron chi connectivity index (χ3n) is 14.5. The van der Waals surface area contributed by atoms with Gasteiger partial charge in [-0.15, -0.1) is 0 Å². The topological polar surface area (TPSA) is 170 Å². The lowest BCUT2D eigenvalue weighted by atomic mass is 9.71. The van der Waals surface area contributed by atoms with Crippen LogP contribution in [0.5, 0.6) is 0 Å². The Morgan fingerprint density at radius 3 is 2.32 bits per heavy atom. The summed E-state index contributed by atoms with van der Waals surface area (Å²) in [5, 5.41) is 34.2. The van der Waals surface area contributed by atoms with Gasteiger partial charge in [0.1, 0.15) is 42.0 Å². The number of methoxy groups -OCH3 is 2. The predicted octanol–water partition coefficient (Wildman–Crippen LogP) is 5.38. The lowest BCUT2D eigenvalue weighted by Crippen LogP contribution is -2.58. The van der Waals surface area contributed by atoms with Crippen LogP contribution in [0.1, 0.15) is 93.9 Å². The van der Waals surface area contributed by atoms with E-state index in [-0.39, 0.29) is 42.7 Å². The highest BCUT2D eigenvalue weighted by Gasteiger charge is 2.60. The SMILES string of the molecule is CCC(C)[C@H]1O[C@]2(C=C[C@@H]1C)C[C@@H]1C[C@@H](CC=C(C)[C@@H](O[C@H]3C[C@H](OC)[C@@H](O[C@H]4C[C@@H](OC)[C@H](O)[C@@H](C)O4)[C@H](C)O3)[C@@H](C)C=CC=C3CO[C@@H]4[C@H](O)C(C)=C[C@@H](C(=O)O1)[C@]34O)O2. The van der Waals surface area contributed by atoms with Crippen LogP contribution in [-0.4, -0.2) is 139 Å². The van der Waals surface area contributed by atoms with Crippen LogP contribution >= 0.6 is 0 Å². The first-order chi connectivity index (χ1) is 29.5. The molecular weight excluding hydrogens is 801 g/mol. The van der Waals surface area contributed by atoms with E-state index in [2.05, 4.69) is 39.8 Å². The number of hydrogen-bond acceptors (Lipinski definition) is 14. The van der Waals surface area contributed by atoms with Crippen molar-refractivity contribution in [1.82, 2.24) is 0 Å². The van der Waals surface area contributed by atoms with Crippen molar-refractivity contribution in [3.63, 3.8) is 0 Å². The normalized spacial score (nSPS) is 47.0.